The standard InChI is InChI=1S/C14H20N4O2S/c1-20-13-11(18-7-8-21-14(18)17-13)9-15-6-2-3-12(19)16-10-4-5-10/h7-8,10,15H,2-6,9H2,1H3,(H,16,19). The quantitative estimate of drug-likeness (QED) is 0.726. The van der Waals surface area contributed by atoms with Crippen LogP contribution in [0, 0.1) is 0 Å². The van der Waals surface area contributed by atoms with Crippen molar-refractivity contribution in [3.63, 3.8) is 0 Å². The molecule has 0 bridgehead atoms. The fourth-order valence-corrected chi connectivity index (χ4v) is 2.97. The highest BCUT2D eigenvalue weighted by molar-refractivity contribution is 7.15. The molecule has 2 aromatic heterocycles. The molecule has 1 amide bonds. The van der Waals surface area contributed by atoms with Gasteiger partial charge < -0.3 is 15.4 Å². The number of aromatic nitrogens is 2. The fourth-order valence-electron chi connectivity index (χ4n) is 2.25. The Bertz CT molecular complexity index is 618. The summed E-state index contributed by atoms with van der Waals surface area (Å²) >= 11 is 1.59. The number of imidazole rings is 1. The van der Waals surface area contributed by atoms with Crippen molar-refractivity contribution in [1.29, 1.82) is 0 Å². The molecule has 0 atom stereocenters. The predicted molar refractivity (Wildman–Crippen MR) is 81.7 cm³/mol. The van der Waals surface area contributed by atoms with E-state index in [0.29, 0.717) is 24.9 Å². The first-order valence-electron chi connectivity index (χ1n) is 7.26. The Labute approximate surface area is 127 Å². The number of carbonyl (C=O) groups is 1. The Morgan fingerprint density at radius 1 is 1.57 bits per heavy atom. The number of ether oxygens (including phenoxy) is 1. The van der Waals surface area contributed by atoms with Gasteiger partial charge in [-0.15, -0.1) is 11.3 Å². The van der Waals surface area contributed by atoms with E-state index in [-0.39, 0.29) is 5.91 Å². The number of fused-ring (bicyclic) bond motifs is 1. The summed E-state index contributed by atoms with van der Waals surface area (Å²) in [6, 6.07) is 0.452. The number of thiazole rings is 1. The number of nitrogens with zero attached hydrogens (tertiary/aromatic N) is 2. The smallest absolute Gasteiger partial charge is 0.237 e. The molecule has 0 unspecified atom stereocenters. The highest BCUT2D eigenvalue weighted by atomic mass is 32.1. The van der Waals surface area contributed by atoms with Gasteiger partial charge in [0.15, 0.2) is 4.96 Å². The summed E-state index contributed by atoms with van der Waals surface area (Å²) in [6.07, 6.45) is 5.70. The summed E-state index contributed by atoms with van der Waals surface area (Å²) in [6.45, 7) is 1.49. The molecule has 0 radical (unpaired) electrons. The summed E-state index contributed by atoms with van der Waals surface area (Å²) < 4.78 is 7.34. The van der Waals surface area contributed by atoms with E-state index in [1.165, 1.54) is 0 Å². The Kier molecular flexibility index (Phi) is 4.40. The summed E-state index contributed by atoms with van der Waals surface area (Å²) in [7, 11) is 1.64. The highest BCUT2D eigenvalue weighted by Crippen LogP contribution is 2.22. The van der Waals surface area contributed by atoms with Crippen molar-refractivity contribution in [2.24, 2.45) is 0 Å². The zero-order chi connectivity index (χ0) is 14.7. The van der Waals surface area contributed by atoms with Crippen molar-refractivity contribution in [3.05, 3.63) is 17.3 Å². The fraction of sp³-hybridized carbons (Fsp3) is 0.571. The molecule has 2 aromatic rings. The number of carbonyl (C=O) groups excluding carboxylic acids is 1. The van der Waals surface area contributed by atoms with Gasteiger partial charge in [-0.2, -0.15) is 4.98 Å². The normalized spacial score (nSPS) is 14.5. The summed E-state index contributed by atoms with van der Waals surface area (Å²) in [5.41, 5.74) is 1.02. The zero-order valence-corrected chi connectivity index (χ0v) is 12.9. The van der Waals surface area contributed by atoms with Gasteiger partial charge in [0.05, 0.1) is 7.11 Å². The first-order valence-corrected chi connectivity index (χ1v) is 8.14. The number of rotatable bonds is 8. The molecule has 6 nitrogen and oxygen atoms in total. The van der Waals surface area contributed by atoms with Crippen LogP contribution < -0.4 is 15.4 Å². The number of hydrogen-bond acceptors (Lipinski definition) is 5. The van der Waals surface area contributed by atoms with Crippen LogP contribution in [0.3, 0.4) is 0 Å². The molecule has 1 aliphatic carbocycles. The maximum atomic E-state index is 11.6. The first kappa shape index (κ1) is 14.3. The predicted octanol–water partition coefficient (Wildman–Crippen LogP) is 1.55. The summed E-state index contributed by atoms with van der Waals surface area (Å²) in [4.78, 5) is 16.9. The zero-order valence-electron chi connectivity index (χ0n) is 12.1. The van der Waals surface area contributed by atoms with Crippen molar-refractivity contribution >= 4 is 22.2 Å². The number of hydrogen-bond donors (Lipinski definition) is 2. The van der Waals surface area contributed by atoms with Crippen molar-refractivity contribution < 1.29 is 9.53 Å². The molecule has 1 aliphatic rings. The third-order valence-corrected chi connectivity index (χ3v) is 4.27. The molecule has 0 spiro atoms. The SMILES string of the molecule is COc1nc2sccn2c1CNCCCC(=O)NC1CC1. The van der Waals surface area contributed by atoms with Crippen LogP contribution in [0.5, 0.6) is 5.88 Å². The van der Waals surface area contributed by atoms with Gasteiger partial charge in [0.1, 0.15) is 5.69 Å². The number of nitrogens with one attached hydrogen (secondary N) is 2. The molecule has 2 N–H and O–H groups in total. The topological polar surface area (TPSA) is 67.7 Å². The molecule has 1 saturated carbocycles. The van der Waals surface area contributed by atoms with Crippen molar-refractivity contribution in [1.82, 2.24) is 20.0 Å². The van der Waals surface area contributed by atoms with E-state index in [0.717, 1.165) is 36.5 Å². The van der Waals surface area contributed by atoms with Crippen LogP contribution in [-0.4, -0.2) is 35.0 Å². The molecule has 1 fully saturated rings. The van der Waals surface area contributed by atoms with Gasteiger partial charge in [-0.05, 0) is 25.8 Å². The van der Waals surface area contributed by atoms with Gasteiger partial charge in [0.2, 0.25) is 11.8 Å². The van der Waals surface area contributed by atoms with E-state index in [9.17, 15) is 4.79 Å². The molecule has 0 aliphatic heterocycles. The Morgan fingerprint density at radius 2 is 2.43 bits per heavy atom. The van der Waals surface area contributed by atoms with Crippen molar-refractivity contribution in [3.8, 4) is 5.88 Å². The van der Waals surface area contributed by atoms with Crippen LogP contribution in [0.15, 0.2) is 11.6 Å². The van der Waals surface area contributed by atoms with E-state index < -0.39 is 0 Å². The number of amides is 1. The lowest BCUT2D eigenvalue weighted by Crippen LogP contribution is -2.26. The maximum absolute atomic E-state index is 11.6. The lowest BCUT2D eigenvalue weighted by molar-refractivity contribution is -0.121. The Balaban J connectivity index is 1.43. The minimum absolute atomic E-state index is 0.168. The van der Waals surface area contributed by atoms with E-state index in [1.807, 2.05) is 16.0 Å². The van der Waals surface area contributed by atoms with Crippen molar-refractivity contribution in [2.45, 2.75) is 38.3 Å². The molecular weight excluding hydrogens is 288 g/mol. The summed E-state index contributed by atoms with van der Waals surface area (Å²) in [5, 5.41) is 8.36. The van der Waals surface area contributed by atoms with Gasteiger partial charge in [-0.25, -0.2) is 0 Å². The lowest BCUT2D eigenvalue weighted by Gasteiger charge is -2.06. The number of methoxy groups -OCH3 is 1. The second kappa shape index (κ2) is 6.44. The largest absolute Gasteiger partial charge is 0.480 e. The van der Waals surface area contributed by atoms with Crippen LogP contribution >= 0.6 is 11.3 Å². The second-order valence-electron chi connectivity index (χ2n) is 5.25. The highest BCUT2D eigenvalue weighted by Gasteiger charge is 2.22. The molecule has 21 heavy (non-hydrogen) atoms. The van der Waals surface area contributed by atoms with Gasteiger partial charge in [-0.3, -0.25) is 9.20 Å². The van der Waals surface area contributed by atoms with Crippen LogP contribution in [-0.2, 0) is 11.3 Å². The van der Waals surface area contributed by atoms with Gasteiger partial charge in [0, 0.05) is 30.6 Å². The molecule has 0 aromatic carbocycles. The van der Waals surface area contributed by atoms with E-state index in [4.69, 9.17) is 4.74 Å². The molecule has 3 rings (SSSR count). The summed E-state index contributed by atoms with van der Waals surface area (Å²) in [5.74, 6) is 0.835. The molecule has 0 saturated heterocycles. The van der Waals surface area contributed by atoms with E-state index >= 15 is 0 Å². The first-order chi connectivity index (χ1) is 10.3. The van der Waals surface area contributed by atoms with Crippen LogP contribution in [0.25, 0.3) is 4.96 Å². The molecular formula is C14H20N4O2S. The molecule has 7 heteroatoms. The van der Waals surface area contributed by atoms with Gasteiger partial charge >= 0.3 is 0 Å². The van der Waals surface area contributed by atoms with Crippen molar-refractivity contribution in [2.75, 3.05) is 13.7 Å². The lowest BCUT2D eigenvalue weighted by atomic mass is 10.3. The van der Waals surface area contributed by atoms with Crippen LogP contribution in [0.2, 0.25) is 0 Å². The van der Waals surface area contributed by atoms with Gasteiger partial charge in [-0.1, -0.05) is 0 Å². The average Bonchev–Trinajstić information content (AvgIpc) is 3.05. The Morgan fingerprint density at radius 3 is 3.19 bits per heavy atom. The van der Waals surface area contributed by atoms with E-state index in [2.05, 4.69) is 15.6 Å². The third kappa shape index (κ3) is 3.54. The second-order valence-corrected chi connectivity index (χ2v) is 6.12. The molecule has 114 valence electrons. The Hall–Kier alpha value is -1.60. The van der Waals surface area contributed by atoms with Crippen LogP contribution in [0.4, 0.5) is 0 Å². The average molecular weight is 308 g/mol. The molecule has 2 heterocycles. The van der Waals surface area contributed by atoms with E-state index in [1.54, 1.807) is 18.4 Å². The maximum Gasteiger partial charge on any atom is 0.237 e. The van der Waals surface area contributed by atoms with Gasteiger partial charge in [0.25, 0.3) is 0 Å². The van der Waals surface area contributed by atoms with Crippen LogP contribution in [0.1, 0.15) is 31.4 Å². The third-order valence-electron chi connectivity index (χ3n) is 3.51. The monoisotopic (exact) mass is 308 g/mol. The minimum atomic E-state index is 0.168. The minimum Gasteiger partial charge on any atom is -0.480 e.